The van der Waals surface area contributed by atoms with Crippen molar-refractivity contribution in [2.24, 2.45) is 7.05 Å². The maximum Gasteiger partial charge on any atom is 0.360 e. The summed E-state index contributed by atoms with van der Waals surface area (Å²) in [6, 6.07) is 18.8. The maximum absolute atomic E-state index is 12.2. The van der Waals surface area contributed by atoms with Crippen LogP contribution in [0.2, 0.25) is 0 Å². The molecule has 0 spiro atoms. The first-order valence-electron chi connectivity index (χ1n) is 6.07. The molecule has 0 amide bonds. The second kappa shape index (κ2) is 4.61. The first kappa shape index (κ1) is 11.5. The Kier molecular flexibility index (Phi) is 2.80. The molecule has 3 nitrogen and oxygen atoms in total. The quantitative estimate of drug-likeness (QED) is 0.516. The largest absolute Gasteiger partial charge is 0.422 e. The third-order valence-electron chi connectivity index (χ3n) is 3.11. The van der Waals surface area contributed by atoms with Crippen molar-refractivity contribution >= 4 is 16.9 Å². The van der Waals surface area contributed by atoms with Crippen LogP contribution in [0, 0.1) is 0 Å². The van der Waals surface area contributed by atoms with E-state index in [2.05, 4.69) is 0 Å². The summed E-state index contributed by atoms with van der Waals surface area (Å²) in [4.78, 5) is 12.2. The molecule has 0 fully saturated rings. The Morgan fingerprint density at radius 1 is 1.00 bits per heavy atom. The van der Waals surface area contributed by atoms with Crippen LogP contribution in [-0.2, 0) is 7.05 Å². The van der Waals surface area contributed by atoms with Gasteiger partial charge in [0.25, 0.3) is 0 Å². The van der Waals surface area contributed by atoms with E-state index >= 15 is 0 Å². The van der Waals surface area contributed by atoms with Gasteiger partial charge in [-0.15, -0.1) is 0 Å². The molecule has 0 aliphatic carbocycles. The van der Waals surface area contributed by atoms with Crippen LogP contribution in [0.4, 0.5) is 0 Å². The second-order valence-electron chi connectivity index (χ2n) is 4.35. The molecule has 0 saturated heterocycles. The number of carbonyl (C=O) groups is 1. The molecule has 3 heteroatoms. The average molecular weight is 251 g/mol. The van der Waals surface area contributed by atoms with E-state index < -0.39 is 0 Å². The number of ether oxygens (including phenoxy) is 1. The minimum absolute atomic E-state index is 0.343. The number of para-hydroxylation sites is 2. The van der Waals surface area contributed by atoms with Crippen LogP contribution in [0.25, 0.3) is 10.9 Å². The fourth-order valence-corrected chi connectivity index (χ4v) is 2.13. The number of hydrogen-bond acceptors (Lipinski definition) is 2. The van der Waals surface area contributed by atoms with Crippen molar-refractivity contribution in [3.8, 4) is 5.75 Å². The molecule has 1 aromatic heterocycles. The highest BCUT2D eigenvalue weighted by Crippen LogP contribution is 2.20. The number of fused-ring (bicyclic) bond motifs is 1. The molecule has 0 aliphatic rings. The zero-order valence-electron chi connectivity index (χ0n) is 10.5. The molecule has 0 saturated carbocycles. The predicted octanol–water partition coefficient (Wildman–Crippen LogP) is 3.40. The molecule has 3 aromatic rings. The van der Waals surface area contributed by atoms with Gasteiger partial charge in [-0.2, -0.15) is 0 Å². The summed E-state index contributed by atoms with van der Waals surface area (Å²) in [7, 11) is 1.86. The van der Waals surface area contributed by atoms with Crippen LogP contribution in [0.1, 0.15) is 10.5 Å². The summed E-state index contributed by atoms with van der Waals surface area (Å²) in [6.07, 6.45) is 0. The van der Waals surface area contributed by atoms with E-state index in [1.807, 2.05) is 60.1 Å². The lowest BCUT2D eigenvalue weighted by Gasteiger charge is -2.05. The summed E-state index contributed by atoms with van der Waals surface area (Å²) in [5.74, 6) is 0.211. The number of carbonyl (C=O) groups excluding carboxylic acids is 1. The first-order valence-corrected chi connectivity index (χ1v) is 6.07. The molecule has 0 N–H and O–H groups in total. The Balaban J connectivity index is 1.96. The van der Waals surface area contributed by atoms with Crippen molar-refractivity contribution in [3.63, 3.8) is 0 Å². The zero-order chi connectivity index (χ0) is 13.2. The van der Waals surface area contributed by atoms with Crippen molar-refractivity contribution in [1.82, 2.24) is 4.57 Å². The molecule has 0 aliphatic heterocycles. The van der Waals surface area contributed by atoms with Crippen LogP contribution in [0.5, 0.6) is 5.75 Å². The van der Waals surface area contributed by atoms with Crippen LogP contribution in [-0.4, -0.2) is 10.5 Å². The van der Waals surface area contributed by atoms with Gasteiger partial charge in [-0.25, -0.2) is 4.79 Å². The Hall–Kier alpha value is -2.55. The molecule has 94 valence electrons. The van der Waals surface area contributed by atoms with Crippen LogP contribution < -0.4 is 4.74 Å². The Bertz CT molecular complexity index is 729. The van der Waals surface area contributed by atoms with E-state index in [0.29, 0.717) is 11.4 Å². The average Bonchev–Trinajstić information content (AvgIpc) is 2.78. The standard InChI is InChI=1S/C16H13NO2/c1-17-14-10-6-5-7-12(14)11-15(17)16(18)19-13-8-3-2-4-9-13/h2-11H,1H3. The molecule has 0 radical (unpaired) electrons. The Labute approximate surface area is 111 Å². The van der Waals surface area contributed by atoms with Gasteiger partial charge in [0.05, 0.1) is 0 Å². The van der Waals surface area contributed by atoms with Crippen molar-refractivity contribution < 1.29 is 9.53 Å². The number of hydrogen-bond donors (Lipinski definition) is 0. The van der Waals surface area contributed by atoms with Gasteiger partial charge < -0.3 is 9.30 Å². The highest BCUT2D eigenvalue weighted by Gasteiger charge is 2.14. The monoisotopic (exact) mass is 251 g/mol. The van der Waals surface area contributed by atoms with Gasteiger partial charge in [-0.3, -0.25) is 0 Å². The van der Waals surface area contributed by atoms with E-state index in [0.717, 1.165) is 10.9 Å². The smallest absolute Gasteiger partial charge is 0.360 e. The normalized spacial score (nSPS) is 10.6. The number of esters is 1. The molecule has 2 aromatic carbocycles. The maximum atomic E-state index is 12.2. The summed E-state index contributed by atoms with van der Waals surface area (Å²) < 4.78 is 7.20. The lowest BCUT2D eigenvalue weighted by molar-refractivity contribution is 0.0725. The van der Waals surface area contributed by atoms with Crippen LogP contribution >= 0.6 is 0 Å². The zero-order valence-corrected chi connectivity index (χ0v) is 10.5. The minimum atomic E-state index is -0.343. The van der Waals surface area contributed by atoms with Gasteiger partial charge in [0.15, 0.2) is 0 Å². The molecule has 1 heterocycles. The summed E-state index contributed by atoms with van der Waals surface area (Å²) in [5.41, 5.74) is 1.56. The highest BCUT2D eigenvalue weighted by atomic mass is 16.5. The van der Waals surface area contributed by atoms with Gasteiger partial charge in [-0.1, -0.05) is 36.4 Å². The molecular weight excluding hydrogens is 238 g/mol. The topological polar surface area (TPSA) is 31.2 Å². The predicted molar refractivity (Wildman–Crippen MR) is 74.3 cm³/mol. The minimum Gasteiger partial charge on any atom is -0.422 e. The third kappa shape index (κ3) is 2.10. The Morgan fingerprint density at radius 3 is 2.42 bits per heavy atom. The SMILES string of the molecule is Cn1c(C(=O)Oc2ccccc2)cc2ccccc21. The van der Waals surface area contributed by atoms with E-state index in [9.17, 15) is 4.79 Å². The first-order chi connectivity index (χ1) is 9.25. The van der Waals surface area contributed by atoms with Crippen molar-refractivity contribution in [1.29, 1.82) is 0 Å². The number of aromatic nitrogens is 1. The van der Waals surface area contributed by atoms with Gasteiger partial charge in [-0.05, 0) is 24.3 Å². The Morgan fingerprint density at radius 2 is 1.68 bits per heavy atom. The van der Waals surface area contributed by atoms with Crippen molar-refractivity contribution in [2.75, 3.05) is 0 Å². The molecule has 3 rings (SSSR count). The third-order valence-corrected chi connectivity index (χ3v) is 3.11. The lowest BCUT2D eigenvalue weighted by Crippen LogP contribution is -2.12. The van der Waals surface area contributed by atoms with Crippen LogP contribution in [0.3, 0.4) is 0 Å². The van der Waals surface area contributed by atoms with Crippen molar-refractivity contribution in [3.05, 3.63) is 66.4 Å². The van der Waals surface area contributed by atoms with Gasteiger partial charge in [0.1, 0.15) is 11.4 Å². The number of aryl methyl sites for hydroxylation is 1. The summed E-state index contributed by atoms with van der Waals surface area (Å²) in [5, 5.41) is 1.03. The molecule has 19 heavy (non-hydrogen) atoms. The van der Waals surface area contributed by atoms with E-state index in [-0.39, 0.29) is 5.97 Å². The van der Waals surface area contributed by atoms with E-state index in [1.165, 1.54) is 0 Å². The summed E-state index contributed by atoms with van der Waals surface area (Å²) >= 11 is 0. The fourth-order valence-electron chi connectivity index (χ4n) is 2.13. The highest BCUT2D eigenvalue weighted by molar-refractivity contribution is 5.96. The number of nitrogens with zero attached hydrogens (tertiary/aromatic N) is 1. The fraction of sp³-hybridized carbons (Fsp3) is 0.0625. The van der Waals surface area contributed by atoms with Gasteiger partial charge in [0, 0.05) is 18.0 Å². The second-order valence-corrected chi connectivity index (χ2v) is 4.35. The molecule has 0 unspecified atom stereocenters. The molecule has 0 atom stereocenters. The molecule has 0 bridgehead atoms. The summed E-state index contributed by atoms with van der Waals surface area (Å²) in [6.45, 7) is 0. The van der Waals surface area contributed by atoms with E-state index in [1.54, 1.807) is 12.1 Å². The van der Waals surface area contributed by atoms with Crippen molar-refractivity contribution in [2.45, 2.75) is 0 Å². The van der Waals surface area contributed by atoms with E-state index in [4.69, 9.17) is 4.74 Å². The lowest BCUT2D eigenvalue weighted by atomic mass is 10.2. The van der Waals surface area contributed by atoms with Gasteiger partial charge >= 0.3 is 5.97 Å². The number of rotatable bonds is 2. The number of benzene rings is 2. The van der Waals surface area contributed by atoms with Gasteiger partial charge in [0.2, 0.25) is 0 Å². The van der Waals surface area contributed by atoms with Crippen LogP contribution in [0.15, 0.2) is 60.7 Å². The molecular formula is C16H13NO2.